The molecular weight excluding hydrogens is 230 g/mol. The lowest BCUT2D eigenvalue weighted by Crippen LogP contribution is -2.21. The van der Waals surface area contributed by atoms with Gasteiger partial charge >= 0.3 is 5.97 Å². The van der Waals surface area contributed by atoms with Crippen molar-refractivity contribution in [3.63, 3.8) is 0 Å². The van der Waals surface area contributed by atoms with Gasteiger partial charge in [0, 0.05) is 24.8 Å². The highest BCUT2D eigenvalue weighted by Gasteiger charge is 2.24. The summed E-state index contributed by atoms with van der Waals surface area (Å²) in [7, 11) is 0. The molecule has 2 N–H and O–H groups in total. The van der Waals surface area contributed by atoms with Crippen LogP contribution in [0.1, 0.15) is 29.3 Å². The maximum Gasteiger partial charge on any atom is 0.337 e. The molecule has 0 aliphatic carbocycles. The average molecular weight is 249 g/mol. The molecule has 4 nitrogen and oxygen atoms in total. The van der Waals surface area contributed by atoms with E-state index in [-0.39, 0.29) is 6.10 Å². The van der Waals surface area contributed by atoms with Crippen LogP contribution in [-0.4, -0.2) is 30.3 Å². The van der Waals surface area contributed by atoms with Gasteiger partial charge in [-0.1, -0.05) is 6.07 Å². The quantitative estimate of drug-likeness (QED) is 0.861. The first-order chi connectivity index (χ1) is 8.58. The van der Waals surface area contributed by atoms with E-state index in [0.717, 1.165) is 25.1 Å². The monoisotopic (exact) mass is 249 g/mol. The standard InChI is InChI=1S/C14H19NO3/c1-9-3-4-12(14(16)17)13(7-9)15-8-11-5-6-18-10(11)2/h3-4,7,10-11,15H,5-6,8H2,1-2H3,(H,16,17). The van der Waals surface area contributed by atoms with Gasteiger partial charge in [-0.25, -0.2) is 4.79 Å². The molecule has 1 fully saturated rings. The third-order valence-corrected chi connectivity index (χ3v) is 3.49. The van der Waals surface area contributed by atoms with Crippen LogP contribution >= 0.6 is 0 Å². The number of aromatic carboxylic acids is 1. The summed E-state index contributed by atoms with van der Waals surface area (Å²) >= 11 is 0. The van der Waals surface area contributed by atoms with Crippen LogP contribution < -0.4 is 5.32 Å². The van der Waals surface area contributed by atoms with Gasteiger partial charge in [-0.3, -0.25) is 0 Å². The maximum absolute atomic E-state index is 11.1. The van der Waals surface area contributed by atoms with Gasteiger partial charge in [-0.2, -0.15) is 0 Å². The third kappa shape index (κ3) is 2.82. The van der Waals surface area contributed by atoms with E-state index in [4.69, 9.17) is 9.84 Å². The molecule has 18 heavy (non-hydrogen) atoms. The maximum atomic E-state index is 11.1. The summed E-state index contributed by atoms with van der Waals surface area (Å²) < 4.78 is 5.50. The molecule has 98 valence electrons. The molecule has 0 aromatic heterocycles. The molecule has 2 atom stereocenters. The summed E-state index contributed by atoms with van der Waals surface area (Å²) in [5.74, 6) is -0.444. The second-order valence-electron chi connectivity index (χ2n) is 4.86. The number of carboxylic acid groups (broad SMARTS) is 1. The minimum atomic E-state index is -0.895. The minimum absolute atomic E-state index is 0.246. The first kappa shape index (κ1) is 12.9. The summed E-state index contributed by atoms with van der Waals surface area (Å²) in [5.41, 5.74) is 2.08. The lowest BCUT2D eigenvalue weighted by Gasteiger charge is -2.17. The van der Waals surface area contributed by atoms with Gasteiger partial charge in [0.2, 0.25) is 0 Å². The molecule has 4 heteroatoms. The Hall–Kier alpha value is -1.55. The summed E-state index contributed by atoms with van der Waals surface area (Å²) in [5, 5.41) is 12.4. The van der Waals surface area contributed by atoms with E-state index < -0.39 is 5.97 Å². The molecule has 0 amide bonds. The van der Waals surface area contributed by atoms with E-state index in [1.54, 1.807) is 6.07 Å². The van der Waals surface area contributed by atoms with Crippen LogP contribution in [0.5, 0.6) is 0 Å². The number of benzene rings is 1. The predicted molar refractivity (Wildman–Crippen MR) is 70.1 cm³/mol. The van der Waals surface area contributed by atoms with Crippen LogP contribution in [0, 0.1) is 12.8 Å². The number of aryl methyl sites for hydroxylation is 1. The van der Waals surface area contributed by atoms with E-state index in [0.29, 0.717) is 17.2 Å². The van der Waals surface area contributed by atoms with Gasteiger partial charge in [0.15, 0.2) is 0 Å². The van der Waals surface area contributed by atoms with Crippen LogP contribution in [0.2, 0.25) is 0 Å². The number of hydrogen-bond acceptors (Lipinski definition) is 3. The Kier molecular flexibility index (Phi) is 3.87. The van der Waals surface area contributed by atoms with Crippen molar-refractivity contribution in [1.82, 2.24) is 0 Å². The molecular formula is C14H19NO3. The summed E-state index contributed by atoms with van der Waals surface area (Å²) in [6, 6.07) is 5.34. The van der Waals surface area contributed by atoms with E-state index >= 15 is 0 Å². The number of ether oxygens (including phenoxy) is 1. The van der Waals surface area contributed by atoms with Crippen molar-refractivity contribution < 1.29 is 14.6 Å². The molecule has 0 saturated carbocycles. The predicted octanol–water partition coefficient (Wildman–Crippen LogP) is 2.53. The number of nitrogens with one attached hydrogen (secondary N) is 1. The lowest BCUT2D eigenvalue weighted by molar-refractivity contribution is 0.0698. The highest BCUT2D eigenvalue weighted by Crippen LogP contribution is 2.23. The van der Waals surface area contributed by atoms with Crippen molar-refractivity contribution in [2.45, 2.75) is 26.4 Å². The average Bonchev–Trinajstić information content (AvgIpc) is 2.72. The van der Waals surface area contributed by atoms with Crippen LogP contribution in [0.25, 0.3) is 0 Å². The number of rotatable bonds is 4. The van der Waals surface area contributed by atoms with Gasteiger partial charge in [0.25, 0.3) is 0 Å². The topological polar surface area (TPSA) is 58.6 Å². The Morgan fingerprint density at radius 1 is 1.56 bits per heavy atom. The zero-order chi connectivity index (χ0) is 13.1. The second kappa shape index (κ2) is 5.40. The minimum Gasteiger partial charge on any atom is -0.478 e. The van der Waals surface area contributed by atoms with Crippen LogP contribution in [0.15, 0.2) is 18.2 Å². The smallest absolute Gasteiger partial charge is 0.337 e. The molecule has 1 aliphatic rings. The SMILES string of the molecule is Cc1ccc(C(=O)O)c(NCC2CCOC2C)c1. The largest absolute Gasteiger partial charge is 0.478 e. The molecule has 1 aromatic carbocycles. The van der Waals surface area contributed by atoms with Crippen LogP contribution in [0.4, 0.5) is 5.69 Å². The Morgan fingerprint density at radius 2 is 2.33 bits per heavy atom. The van der Waals surface area contributed by atoms with E-state index in [2.05, 4.69) is 12.2 Å². The van der Waals surface area contributed by atoms with Gasteiger partial charge in [-0.05, 0) is 38.0 Å². The molecule has 0 spiro atoms. The van der Waals surface area contributed by atoms with Crippen molar-refractivity contribution in [1.29, 1.82) is 0 Å². The van der Waals surface area contributed by atoms with Crippen molar-refractivity contribution in [2.75, 3.05) is 18.5 Å². The van der Waals surface area contributed by atoms with E-state index in [9.17, 15) is 4.79 Å². The lowest BCUT2D eigenvalue weighted by atomic mass is 10.0. The van der Waals surface area contributed by atoms with Crippen LogP contribution in [0.3, 0.4) is 0 Å². The fraction of sp³-hybridized carbons (Fsp3) is 0.500. The fourth-order valence-electron chi connectivity index (χ4n) is 2.28. The molecule has 1 heterocycles. The first-order valence-electron chi connectivity index (χ1n) is 6.27. The number of carbonyl (C=O) groups is 1. The zero-order valence-corrected chi connectivity index (χ0v) is 10.8. The Morgan fingerprint density at radius 3 is 2.94 bits per heavy atom. The first-order valence-corrected chi connectivity index (χ1v) is 6.27. The molecule has 2 rings (SSSR count). The van der Waals surface area contributed by atoms with E-state index in [1.807, 2.05) is 19.1 Å². The van der Waals surface area contributed by atoms with E-state index in [1.165, 1.54) is 0 Å². The molecule has 2 unspecified atom stereocenters. The Labute approximate surface area is 107 Å². The highest BCUT2D eigenvalue weighted by atomic mass is 16.5. The van der Waals surface area contributed by atoms with Crippen molar-refractivity contribution in [2.24, 2.45) is 5.92 Å². The number of anilines is 1. The van der Waals surface area contributed by atoms with Crippen LogP contribution in [-0.2, 0) is 4.74 Å². The van der Waals surface area contributed by atoms with Crippen molar-refractivity contribution in [3.8, 4) is 0 Å². The van der Waals surface area contributed by atoms with Gasteiger partial charge in [-0.15, -0.1) is 0 Å². The van der Waals surface area contributed by atoms with Gasteiger partial charge < -0.3 is 15.2 Å². The van der Waals surface area contributed by atoms with Crippen molar-refractivity contribution >= 4 is 11.7 Å². The molecule has 1 saturated heterocycles. The summed E-state index contributed by atoms with van der Waals surface area (Å²) in [6.07, 6.45) is 1.28. The Balaban J connectivity index is 2.08. The van der Waals surface area contributed by atoms with Gasteiger partial charge in [0.05, 0.1) is 11.7 Å². The molecule has 0 radical (unpaired) electrons. The second-order valence-corrected chi connectivity index (χ2v) is 4.86. The van der Waals surface area contributed by atoms with Crippen molar-refractivity contribution in [3.05, 3.63) is 29.3 Å². The van der Waals surface area contributed by atoms with Gasteiger partial charge in [0.1, 0.15) is 0 Å². The summed E-state index contributed by atoms with van der Waals surface area (Å²) in [4.78, 5) is 11.1. The molecule has 0 bridgehead atoms. The normalized spacial score (nSPS) is 23.0. The Bertz CT molecular complexity index is 445. The molecule has 1 aromatic rings. The molecule has 1 aliphatic heterocycles. The summed E-state index contributed by atoms with van der Waals surface area (Å²) in [6.45, 7) is 5.57. The fourth-order valence-corrected chi connectivity index (χ4v) is 2.28. The third-order valence-electron chi connectivity index (χ3n) is 3.49. The zero-order valence-electron chi connectivity index (χ0n) is 10.8. The number of hydrogen-bond donors (Lipinski definition) is 2. The highest BCUT2D eigenvalue weighted by molar-refractivity contribution is 5.94. The number of carboxylic acids is 1.